The quantitative estimate of drug-likeness (QED) is 0.0961. The zero-order chi connectivity index (χ0) is 31.4. The first-order valence-corrected chi connectivity index (χ1v) is 15.7. The Labute approximate surface area is 265 Å². The number of ether oxygens (including phenoxy) is 4. The van der Waals surface area contributed by atoms with Crippen molar-refractivity contribution in [3.63, 3.8) is 0 Å². The normalized spacial score (nSPS) is 12.7. The summed E-state index contributed by atoms with van der Waals surface area (Å²) in [4.78, 5) is 36.4. The van der Waals surface area contributed by atoms with Crippen LogP contribution in [0.5, 0.6) is 23.0 Å². The predicted octanol–water partition coefficient (Wildman–Crippen LogP) is 7.84. The molecule has 0 saturated carbocycles. The third-order valence-electron chi connectivity index (χ3n) is 6.87. The molecular weight excluding hydrogens is 639 g/mol. The third-order valence-corrected chi connectivity index (χ3v) is 9.88. The second kappa shape index (κ2) is 14.0. The first kappa shape index (κ1) is 32.7. The molecule has 2 N–H and O–H groups in total. The molecule has 2 atom stereocenters. The Morgan fingerprint density at radius 3 is 1.81 bits per heavy atom. The van der Waals surface area contributed by atoms with E-state index < -0.39 is 23.8 Å². The molecular formula is C30H30Cl2O9S2. The molecule has 4 rings (SSSR count). The summed E-state index contributed by atoms with van der Waals surface area (Å²) >= 11 is 16.2. The van der Waals surface area contributed by atoms with Gasteiger partial charge in [-0.15, -0.1) is 22.7 Å². The number of carboxylic acid groups (broad SMARTS) is 2. The van der Waals surface area contributed by atoms with Crippen LogP contribution in [0.15, 0.2) is 24.3 Å². The summed E-state index contributed by atoms with van der Waals surface area (Å²) < 4.78 is 24.6. The number of halogens is 2. The van der Waals surface area contributed by atoms with Crippen molar-refractivity contribution in [3.8, 4) is 23.0 Å². The molecule has 0 aliphatic rings. The standard InChI is InChI=1S/C30H30Cl2O9S2/c1-14(29(34)35)5-6-16-10-17-22(42-16)12-20(38-3)27(25(17)31)40-7-8-41-28-21(39-4)13-23-18(26(28)32)11-24(43-23)19(33)9-15(2)30(36)37/h10-15H,5-9H2,1-4H3,(H,34,35)(H,36,37)/t14-,15-/m0/s1. The van der Waals surface area contributed by atoms with Gasteiger partial charge in [0.1, 0.15) is 13.2 Å². The second-order valence-corrected chi connectivity index (χ2v) is 12.9. The molecule has 0 radical (unpaired) electrons. The zero-order valence-electron chi connectivity index (χ0n) is 23.8. The molecule has 4 aromatic rings. The van der Waals surface area contributed by atoms with Gasteiger partial charge in [0.15, 0.2) is 28.8 Å². The molecule has 2 heterocycles. The van der Waals surface area contributed by atoms with Crippen LogP contribution < -0.4 is 18.9 Å². The molecule has 9 nitrogen and oxygen atoms in total. The highest BCUT2D eigenvalue weighted by molar-refractivity contribution is 7.21. The van der Waals surface area contributed by atoms with E-state index in [1.807, 2.05) is 12.1 Å². The minimum atomic E-state index is -1.03. The average molecular weight is 670 g/mol. The van der Waals surface area contributed by atoms with E-state index in [0.717, 1.165) is 15.0 Å². The first-order valence-electron chi connectivity index (χ1n) is 13.3. The average Bonchev–Trinajstić information content (AvgIpc) is 3.60. The van der Waals surface area contributed by atoms with E-state index in [1.165, 1.54) is 43.8 Å². The Morgan fingerprint density at radius 2 is 1.30 bits per heavy atom. The van der Waals surface area contributed by atoms with E-state index in [2.05, 4.69) is 0 Å². The topological polar surface area (TPSA) is 129 Å². The fourth-order valence-corrected chi connectivity index (χ4v) is 7.20. The van der Waals surface area contributed by atoms with Crippen molar-refractivity contribution in [2.75, 3.05) is 27.4 Å². The van der Waals surface area contributed by atoms with Gasteiger partial charge in [-0.05, 0) is 25.0 Å². The Kier molecular flexibility index (Phi) is 10.7. The molecule has 0 unspecified atom stereocenters. The molecule has 0 fully saturated rings. The lowest BCUT2D eigenvalue weighted by Crippen LogP contribution is -2.13. The predicted molar refractivity (Wildman–Crippen MR) is 169 cm³/mol. The Balaban J connectivity index is 1.48. The number of thiophene rings is 2. The maximum Gasteiger partial charge on any atom is 0.306 e. The molecule has 0 spiro atoms. The summed E-state index contributed by atoms with van der Waals surface area (Å²) in [5, 5.41) is 20.3. The number of aryl methyl sites for hydroxylation is 1. The van der Waals surface area contributed by atoms with Crippen molar-refractivity contribution in [2.45, 2.75) is 33.1 Å². The van der Waals surface area contributed by atoms with Crippen molar-refractivity contribution in [3.05, 3.63) is 44.1 Å². The SMILES string of the molecule is COc1cc2sc(CC[C@H](C)C(=O)O)cc2c(Cl)c1OCCOc1c(OC)cc2sc(C(=O)C[C@H](C)C(=O)O)cc2c1Cl. The molecule has 0 saturated heterocycles. The zero-order valence-corrected chi connectivity index (χ0v) is 27.0. The van der Waals surface area contributed by atoms with Gasteiger partial charge in [0.2, 0.25) is 0 Å². The van der Waals surface area contributed by atoms with Crippen LogP contribution in [0.1, 0.15) is 41.2 Å². The van der Waals surface area contributed by atoms with Crippen molar-refractivity contribution < 1.29 is 43.5 Å². The number of fused-ring (bicyclic) bond motifs is 2. The van der Waals surface area contributed by atoms with Gasteiger partial charge < -0.3 is 29.2 Å². The van der Waals surface area contributed by atoms with E-state index in [4.69, 9.17) is 47.3 Å². The lowest BCUT2D eigenvalue weighted by atomic mass is 10.0. The Morgan fingerprint density at radius 1 is 0.791 bits per heavy atom. The number of ketones is 1. The van der Waals surface area contributed by atoms with Gasteiger partial charge in [-0.25, -0.2) is 0 Å². The van der Waals surface area contributed by atoms with Crippen LogP contribution in [0, 0.1) is 11.8 Å². The molecule has 13 heteroatoms. The van der Waals surface area contributed by atoms with E-state index in [0.29, 0.717) is 50.1 Å². The van der Waals surface area contributed by atoms with Crippen molar-refractivity contribution in [1.82, 2.24) is 0 Å². The second-order valence-electron chi connectivity index (χ2n) is 9.93. The lowest BCUT2D eigenvalue weighted by Gasteiger charge is -2.15. The number of carboxylic acids is 2. The van der Waals surface area contributed by atoms with Gasteiger partial charge in [-0.1, -0.05) is 37.0 Å². The summed E-state index contributed by atoms with van der Waals surface area (Å²) in [5.41, 5.74) is 0. The minimum Gasteiger partial charge on any atom is -0.493 e. The van der Waals surface area contributed by atoms with Gasteiger partial charge in [0, 0.05) is 43.6 Å². The van der Waals surface area contributed by atoms with Crippen molar-refractivity contribution in [2.24, 2.45) is 11.8 Å². The molecule has 0 aliphatic heterocycles. The molecule has 2 aromatic carbocycles. The van der Waals surface area contributed by atoms with Gasteiger partial charge >= 0.3 is 11.9 Å². The molecule has 43 heavy (non-hydrogen) atoms. The molecule has 0 amide bonds. The highest BCUT2D eigenvalue weighted by Gasteiger charge is 2.23. The van der Waals surface area contributed by atoms with E-state index in [-0.39, 0.29) is 36.2 Å². The lowest BCUT2D eigenvalue weighted by molar-refractivity contribution is -0.142. The first-order chi connectivity index (χ1) is 20.4. The highest BCUT2D eigenvalue weighted by Crippen LogP contribution is 2.46. The monoisotopic (exact) mass is 668 g/mol. The number of carbonyl (C=O) groups is 3. The van der Waals surface area contributed by atoms with Gasteiger partial charge in [0.05, 0.1) is 41.0 Å². The largest absolute Gasteiger partial charge is 0.493 e. The molecule has 0 aliphatic carbocycles. The van der Waals surface area contributed by atoms with Crippen LogP contribution in [0.3, 0.4) is 0 Å². The van der Waals surface area contributed by atoms with E-state index in [1.54, 1.807) is 19.1 Å². The maximum atomic E-state index is 12.7. The number of carbonyl (C=O) groups excluding carboxylic acids is 1. The van der Waals surface area contributed by atoms with Crippen LogP contribution >= 0.6 is 45.9 Å². The number of hydrogen-bond donors (Lipinski definition) is 2. The Hall–Kier alpha value is -3.25. The number of rotatable bonds is 15. The number of methoxy groups -OCH3 is 2. The summed E-state index contributed by atoms with van der Waals surface area (Å²) in [5.74, 6) is -1.92. The van der Waals surface area contributed by atoms with Crippen LogP contribution in [0.25, 0.3) is 20.2 Å². The van der Waals surface area contributed by atoms with Crippen LogP contribution in [-0.2, 0) is 16.0 Å². The number of hydrogen-bond acceptors (Lipinski definition) is 9. The summed E-state index contributed by atoms with van der Waals surface area (Å²) in [6, 6.07) is 7.15. The van der Waals surface area contributed by atoms with Crippen molar-refractivity contribution in [1.29, 1.82) is 0 Å². The smallest absolute Gasteiger partial charge is 0.306 e. The van der Waals surface area contributed by atoms with Gasteiger partial charge in [-0.3, -0.25) is 14.4 Å². The van der Waals surface area contributed by atoms with Crippen LogP contribution in [0.2, 0.25) is 10.0 Å². The van der Waals surface area contributed by atoms with Crippen molar-refractivity contribution >= 4 is 83.8 Å². The van der Waals surface area contributed by atoms with E-state index in [9.17, 15) is 19.5 Å². The van der Waals surface area contributed by atoms with Crippen LogP contribution in [-0.4, -0.2) is 55.4 Å². The van der Waals surface area contributed by atoms with E-state index >= 15 is 0 Å². The number of Topliss-reactive ketones (excluding diaryl/α,β-unsaturated/α-hetero) is 1. The third kappa shape index (κ3) is 7.29. The molecule has 2 aromatic heterocycles. The fourth-order valence-electron chi connectivity index (χ4n) is 4.32. The minimum absolute atomic E-state index is 0.0765. The number of aliphatic carboxylic acids is 2. The Bertz CT molecular complexity index is 1680. The van der Waals surface area contributed by atoms with Gasteiger partial charge in [0.25, 0.3) is 0 Å². The highest BCUT2D eigenvalue weighted by atomic mass is 35.5. The van der Waals surface area contributed by atoms with Gasteiger partial charge in [-0.2, -0.15) is 0 Å². The molecule has 0 bridgehead atoms. The van der Waals surface area contributed by atoms with Crippen LogP contribution in [0.4, 0.5) is 0 Å². The molecule has 230 valence electrons. The maximum absolute atomic E-state index is 12.7. The summed E-state index contributed by atoms with van der Waals surface area (Å²) in [6.07, 6.45) is 1.01. The fraction of sp³-hybridized carbons (Fsp3) is 0.367. The summed E-state index contributed by atoms with van der Waals surface area (Å²) in [7, 11) is 3.00. The number of benzene rings is 2. The summed E-state index contributed by atoms with van der Waals surface area (Å²) in [6.45, 7) is 3.34.